The molecule has 6 rings (SSSR count). The molecular formula is C30H26N4O. The van der Waals surface area contributed by atoms with Crippen LogP contribution in [0.3, 0.4) is 0 Å². The van der Waals surface area contributed by atoms with Crippen LogP contribution in [0.4, 0.5) is 28.6 Å². The molecule has 0 aliphatic carbocycles. The molecule has 5 heteroatoms. The molecule has 0 saturated heterocycles. The van der Waals surface area contributed by atoms with Gasteiger partial charge < -0.3 is 10.0 Å². The highest BCUT2D eigenvalue weighted by Gasteiger charge is 2.28. The van der Waals surface area contributed by atoms with Crippen LogP contribution in [0, 0.1) is 0 Å². The molecule has 0 atom stereocenters. The van der Waals surface area contributed by atoms with Gasteiger partial charge in [-0.1, -0.05) is 50.2 Å². The second-order valence-electron chi connectivity index (χ2n) is 9.23. The fourth-order valence-corrected chi connectivity index (χ4v) is 4.80. The predicted molar refractivity (Wildman–Crippen MR) is 143 cm³/mol. The Labute approximate surface area is 204 Å². The van der Waals surface area contributed by atoms with Crippen molar-refractivity contribution in [2.45, 2.75) is 19.8 Å². The molecular weight excluding hydrogens is 432 g/mol. The molecule has 0 radical (unpaired) electrons. The smallest absolute Gasteiger partial charge is 0.141 e. The Bertz CT molecular complexity index is 1580. The van der Waals surface area contributed by atoms with Crippen molar-refractivity contribution in [3.8, 4) is 17.0 Å². The van der Waals surface area contributed by atoms with Crippen LogP contribution in [-0.4, -0.2) is 22.1 Å². The quantitative estimate of drug-likeness (QED) is 0.300. The number of rotatable bonds is 3. The topological polar surface area (TPSA) is 52.5 Å². The van der Waals surface area contributed by atoms with Crippen molar-refractivity contribution < 1.29 is 5.11 Å². The molecule has 0 fully saturated rings. The van der Waals surface area contributed by atoms with Gasteiger partial charge in [0.1, 0.15) is 17.1 Å². The second kappa shape index (κ2) is 8.13. The van der Waals surface area contributed by atoms with E-state index in [9.17, 15) is 5.11 Å². The van der Waals surface area contributed by atoms with Gasteiger partial charge in [0.15, 0.2) is 0 Å². The predicted octanol–water partition coefficient (Wildman–Crippen LogP) is 7.68. The van der Waals surface area contributed by atoms with Gasteiger partial charge in [-0.3, -0.25) is 4.90 Å². The maximum Gasteiger partial charge on any atom is 0.141 e. The van der Waals surface area contributed by atoms with E-state index in [4.69, 9.17) is 9.97 Å². The van der Waals surface area contributed by atoms with Gasteiger partial charge >= 0.3 is 0 Å². The number of aromatic nitrogens is 2. The SMILES string of the molecule is CC(C)c1ccnc(N2c3ccccc3N(C)c3ccc(-c4ccc5cccc(O)c5n4)cc32)c1. The van der Waals surface area contributed by atoms with Crippen molar-refractivity contribution in [3.63, 3.8) is 0 Å². The standard InChI is InChI=1S/C30H26N4O/c1-19(2)21-15-16-31-29(18-21)34-26-9-5-4-8-24(26)33(3)25-14-12-22(17-27(25)34)23-13-11-20-7-6-10-28(35)30(20)32-23/h4-19,35H,1-3H3. The maximum atomic E-state index is 10.4. The number of phenolic OH excluding ortho intramolecular Hbond substituents is 1. The van der Waals surface area contributed by atoms with E-state index in [0.717, 1.165) is 45.2 Å². The number of hydrogen-bond acceptors (Lipinski definition) is 5. The van der Waals surface area contributed by atoms with E-state index < -0.39 is 0 Å². The molecule has 5 aromatic rings. The van der Waals surface area contributed by atoms with Gasteiger partial charge in [0.25, 0.3) is 0 Å². The Balaban J connectivity index is 1.56. The number of pyridine rings is 2. The average Bonchev–Trinajstić information content (AvgIpc) is 2.89. The third-order valence-electron chi connectivity index (χ3n) is 6.72. The highest BCUT2D eigenvalue weighted by atomic mass is 16.3. The molecule has 2 aromatic heterocycles. The van der Waals surface area contributed by atoms with Crippen LogP contribution >= 0.6 is 0 Å². The normalized spacial score (nSPS) is 12.7. The Morgan fingerprint density at radius 1 is 0.771 bits per heavy atom. The van der Waals surface area contributed by atoms with Crippen molar-refractivity contribution in [1.29, 1.82) is 0 Å². The fraction of sp³-hybridized carbons (Fsp3) is 0.133. The molecule has 0 spiro atoms. The lowest BCUT2D eigenvalue weighted by Gasteiger charge is -2.38. The van der Waals surface area contributed by atoms with Crippen molar-refractivity contribution >= 4 is 39.5 Å². The molecule has 1 aliphatic heterocycles. The summed E-state index contributed by atoms with van der Waals surface area (Å²) in [4.78, 5) is 14.0. The van der Waals surface area contributed by atoms with E-state index in [1.807, 2.05) is 30.5 Å². The van der Waals surface area contributed by atoms with E-state index in [2.05, 4.69) is 85.3 Å². The minimum atomic E-state index is 0.187. The third-order valence-corrected chi connectivity index (χ3v) is 6.72. The molecule has 0 saturated carbocycles. The van der Waals surface area contributed by atoms with Crippen molar-refractivity contribution in [1.82, 2.24) is 9.97 Å². The number of para-hydroxylation sites is 3. The summed E-state index contributed by atoms with van der Waals surface area (Å²) in [5, 5.41) is 11.3. The zero-order valence-corrected chi connectivity index (χ0v) is 20.0. The van der Waals surface area contributed by atoms with Gasteiger partial charge in [-0.25, -0.2) is 9.97 Å². The highest BCUT2D eigenvalue weighted by molar-refractivity contribution is 5.98. The van der Waals surface area contributed by atoms with Gasteiger partial charge in [-0.15, -0.1) is 0 Å². The van der Waals surface area contributed by atoms with Crippen molar-refractivity contribution in [2.75, 3.05) is 16.8 Å². The number of fused-ring (bicyclic) bond motifs is 3. The van der Waals surface area contributed by atoms with Gasteiger partial charge in [-0.05, 0) is 60.0 Å². The van der Waals surface area contributed by atoms with Gasteiger partial charge in [-0.2, -0.15) is 0 Å². The average molecular weight is 459 g/mol. The number of phenols is 1. The summed E-state index contributed by atoms with van der Waals surface area (Å²) in [5.74, 6) is 1.48. The van der Waals surface area contributed by atoms with Crippen LogP contribution in [-0.2, 0) is 0 Å². The summed E-state index contributed by atoms with van der Waals surface area (Å²) < 4.78 is 0. The van der Waals surface area contributed by atoms with E-state index in [1.54, 1.807) is 6.07 Å². The highest BCUT2D eigenvalue weighted by Crippen LogP contribution is 2.51. The van der Waals surface area contributed by atoms with Crippen LogP contribution in [0.25, 0.3) is 22.2 Å². The maximum absolute atomic E-state index is 10.4. The lowest BCUT2D eigenvalue weighted by Crippen LogP contribution is -2.24. The third kappa shape index (κ3) is 3.48. The molecule has 1 N–H and O–H groups in total. The van der Waals surface area contributed by atoms with Crippen LogP contribution in [0.5, 0.6) is 5.75 Å². The Hall–Kier alpha value is -4.38. The molecule has 172 valence electrons. The van der Waals surface area contributed by atoms with Crippen LogP contribution in [0.15, 0.2) is 91.1 Å². The van der Waals surface area contributed by atoms with E-state index in [0.29, 0.717) is 11.4 Å². The molecule has 3 heterocycles. The first-order valence-corrected chi connectivity index (χ1v) is 11.8. The van der Waals surface area contributed by atoms with E-state index in [-0.39, 0.29) is 5.75 Å². The summed E-state index contributed by atoms with van der Waals surface area (Å²) in [6, 6.07) is 28.5. The molecule has 1 aliphatic rings. The number of anilines is 5. The van der Waals surface area contributed by atoms with Gasteiger partial charge in [0.05, 0.1) is 28.4 Å². The van der Waals surface area contributed by atoms with Crippen molar-refractivity contribution in [3.05, 3.63) is 96.7 Å². The summed E-state index contributed by atoms with van der Waals surface area (Å²) in [6.07, 6.45) is 1.89. The van der Waals surface area contributed by atoms with E-state index >= 15 is 0 Å². The van der Waals surface area contributed by atoms with Crippen molar-refractivity contribution in [2.24, 2.45) is 0 Å². The first-order valence-electron chi connectivity index (χ1n) is 11.8. The second-order valence-corrected chi connectivity index (χ2v) is 9.23. The first kappa shape index (κ1) is 21.2. The Kier molecular flexibility index (Phi) is 4.92. The van der Waals surface area contributed by atoms with Crippen LogP contribution in [0.1, 0.15) is 25.3 Å². The van der Waals surface area contributed by atoms with Gasteiger partial charge in [0.2, 0.25) is 0 Å². The molecule has 35 heavy (non-hydrogen) atoms. The molecule has 0 amide bonds. The minimum absolute atomic E-state index is 0.187. The molecule has 0 unspecified atom stereocenters. The Morgan fingerprint density at radius 2 is 1.57 bits per heavy atom. The first-order chi connectivity index (χ1) is 17.0. The Morgan fingerprint density at radius 3 is 2.40 bits per heavy atom. The zero-order chi connectivity index (χ0) is 24.1. The lowest BCUT2D eigenvalue weighted by atomic mass is 10.0. The molecule has 5 nitrogen and oxygen atoms in total. The largest absolute Gasteiger partial charge is 0.506 e. The minimum Gasteiger partial charge on any atom is -0.506 e. The summed E-state index contributed by atoms with van der Waals surface area (Å²) in [7, 11) is 2.10. The number of aromatic hydroxyl groups is 1. The molecule has 0 bridgehead atoms. The number of nitrogens with zero attached hydrogens (tertiary/aromatic N) is 4. The number of hydrogen-bond donors (Lipinski definition) is 1. The van der Waals surface area contributed by atoms with E-state index in [1.165, 1.54) is 5.56 Å². The number of benzene rings is 3. The summed E-state index contributed by atoms with van der Waals surface area (Å²) >= 11 is 0. The summed E-state index contributed by atoms with van der Waals surface area (Å²) in [5.41, 5.74) is 7.97. The fourth-order valence-electron chi connectivity index (χ4n) is 4.80. The monoisotopic (exact) mass is 458 g/mol. The van der Waals surface area contributed by atoms with Crippen LogP contribution < -0.4 is 9.80 Å². The zero-order valence-electron chi connectivity index (χ0n) is 20.0. The molecule has 3 aromatic carbocycles. The van der Waals surface area contributed by atoms with Crippen LogP contribution in [0.2, 0.25) is 0 Å². The lowest BCUT2D eigenvalue weighted by molar-refractivity contribution is 0.480. The van der Waals surface area contributed by atoms with Gasteiger partial charge in [0, 0.05) is 24.2 Å². The summed E-state index contributed by atoms with van der Waals surface area (Å²) in [6.45, 7) is 4.40.